The van der Waals surface area contributed by atoms with E-state index in [9.17, 15) is 0 Å². The van der Waals surface area contributed by atoms with Gasteiger partial charge < -0.3 is 9.47 Å². The van der Waals surface area contributed by atoms with Gasteiger partial charge in [-0.1, -0.05) is 31.5 Å². The SMILES string of the molecule is CC(C)c1ccc(N2CC(c3nncn3C)C2)c2cnc(Cl)cc12. The van der Waals surface area contributed by atoms with E-state index in [1.807, 2.05) is 23.9 Å². The van der Waals surface area contributed by atoms with Crippen LogP contribution >= 0.6 is 11.6 Å². The van der Waals surface area contributed by atoms with Gasteiger partial charge in [0.1, 0.15) is 17.3 Å². The highest BCUT2D eigenvalue weighted by atomic mass is 35.5. The molecule has 1 aromatic carbocycles. The fraction of sp³-hybridized carbons (Fsp3) is 0.389. The van der Waals surface area contributed by atoms with Gasteiger partial charge in [-0.25, -0.2) is 4.98 Å². The van der Waals surface area contributed by atoms with Gasteiger partial charge in [0.25, 0.3) is 0 Å². The smallest absolute Gasteiger partial charge is 0.139 e. The molecule has 2 aromatic heterocycles. The molecular weight excluding hydrogens is 322 g/mol. The van der Waals surface area contributed by atoms with Crippen LogP contribution in [-0.2, 0) is 7.05 Å². The number of anilines is 1. The van der Waals surface area contributed by atoms with Crippen molar-refractivity contribution in [1.82, 2.24) is 19.7 Å². The minimum absolute atomic E-state index is 0.428. The van der Waals surface area contributed by atoms with Gasteiger partial charge in [0.05, 0.1) is 5.92 Å². The minimum atomic E-state index is 0.428. The molecule has 124 valence electrons. The van der Waals surface area contributed by atoms with Crippen LogP contribution in [0.3, 0.4) is 0 Å². The van der Waals surface area contributed by atoms with E-state index in [4.69, 9.17) is 11.6 Å². The molecule has 0 radical (unpaired) electrons. The number of benzene rings is 1. The van der Waals surface area contributed by atoms with Crippen LogP contribution in [0.2, 0.25) is 5.15 Å². The summed E-state index contributed by atoms with van der Waals surface area (Å²) in [5.74, 6) is 1.93. The van der Waals surface area contributed by atoms with Crippen LogP contribution in [0.4, 0.5) is 5.69 Å². The first-order valence-corrected chi connectivity index (χ1v) is 8.59. The van der Waals surface area contributed by atoms with E-state index in [1.54, 1.807) is 6.33 Å². The Bertz CT molecular complexity index is 896. The molecule has 3 aromatic rings. The number of hydrogen-bond donors (Lipinski definition) is 0. The lowest BCUT2D eigenvalue weighted by atomic mass is 9.93. The van der Waals surface area contributed by atoms with Gasteiger partial charge in [-0.3, -0.25) is 0 Å². The van der Waals surface area contributed by atoms with Crippen LogP contribution in [0.15, 0.2) is 30.7 Å². The average Bonchev–Trinajstić information content (AvgIpc) is 2.91. The van der Waals surface area contributed by atoms with Gasteiger partial charge in [-0.05, 0) is 29.0 Å². The number of rotatable bonds is 3. The van der Waals surface area contributed by atoms with Crippen molar-refractivity contribution in [2.75, 3.05) is 18.0 Å². The summed E-state index contributed by atoms with van der Waals surface area (Å²) < 4.78 is 2.00. The first-order chi connectivity index (χ1) is 11.5. The Morgan fingerprint density at radius 2 is 2.00 bits per heavy atom. The maximum absolute atomic E-state index is 6.14. The molecule has 1 aliphatic rings. The van der Waals surface area contributed by atoms with Crippen molar-refractivity contribution >= 4 is 28.1 Å². The molecule has 0 spiro atoms. The summed E-state index contributed by atoms with van der Waals surface area (Å²) in [7, 11) is 2.00. The molecule has 1 aliphatic heterocycles. The zero-order valence-electron chi connectivity index (χ0n) is 14.1. The number of nitrogens with zero attached hydrogens (tertiary/aromatic N) is 5. The molecule has 6 heteroatoms. The maximum atomic E-state index is 6.14. The molecule has 3 heterocycles. The second kappa shape index (κ2) is 5.74. The summed E-state index contributed by atoms with van der Waals surface area (Å²) in [6.07, 6.45) is 3.66. The third-order valence-electron chi connectivity index (χ3n) is 4.83. The quantitative estimate of drug-likeness (QED) is 0.681. The summed E-state index contributed by atoms with van der Waals surface area (Å²) in [4.78, 5) is 6.68. The minimum Gasteiger partial charge on any atom is -0.369 e. The fourth-order valence-corrected chi connectivity index (χ4v) is 3.66. The first kappa shape index (κ1) is 15.4. The highest BCUT2D eigenvalue weighted by Gasteiger charge is 2.32. The van der Waals surface area contributed by atoms with Crippen LogP contribution in [0.25, 0.3) is 10.8 Å². The van der Waals surface area contributed by atoms with Crippen LogP contribution in [0, 0.1) is 0 Å². The van der Waals surface area contributed by atoms with Crippen LogP contribution in [0.5, 0.6) is 0 Å². The fourth-order valence-electron chi connectivity index (χ4n) is 3.50. The normalized spacial score (nSPS) is 15.3. The zero-order valence-corrected chi connectivity index (χ0v) is 14.8. The van der Waals surface area contributed by atoms with E-state index < -0.39 is 0 Å². The standard InChI is InChI=1S/C18H20ClN5/c1-11(2)13-4-5-16(15-7-20-17(19)6-14(13)15)24-8-12(9-24)18-22-21-10-23(18)3/h4-7,10-12H,8-9H2,1-3H3. The summed E-state index contributed by atoms with van der Waals surface area (Å²) in [6, 6.07) is 6.41. The topological polar surface area (TPSA) is 46.8 Å². The monoisotopic (exact) mass is 341 g/mol. The molecule has 4 rings (SSSR count). The summed E-state index contributed by atoms with van der Waals surface area (Å²) in [5, 5.41) is 11.1. The Balaban J connectivity index is 1.69. The lowest BCUT2D eigenvalue weighted by molar-refractivity contribution is 0.488. The lowest BCUT2D eigenvalue weighted by Crippen LogP contribution is -2.46. The maximum Gasteiger partial charge on any atom is 0.139 e. The average molecular weight is 342 g/mol. The molecule has 0 saturated carbocycles. The number of pyridine rings is 1. The third-order valence-corrected chi connectivity index (χ3v) is 5.04. The van der Waals surface area contributed by atoms with Crippen LogP contribution in [-0.4, -0.2) is 32.8 Å². The molecule has 24 heavy (non-hydrogen) atoms. The van der Waals surface area contributed by atoms with Crippen molar-refractivity contribution in [3.8, 4) is 0 Å². The van der Waals surface area contributed by atoms with Crippen molar-refractivity contribution < 1.29 is 0 Å². The summed E-state index contributed by atoms with van der Waals surface area (Å²) in [5.41, 5.74) is 2.53. The highest BCUT2D eigenvalue weighted by molar-refractivity contribution is 6.30. The van der Waals surface area contributed by atoms with Gasteiger partial charge in [0.15, 0.2) is 0 Å². The number of hydrogen-bond acceptors (Lipinski definition) is 4. The molecular formula is C18H20ClN5. The molecule has 1 fully saturated rings. The van der Waals surface area contributed by atoms with Crippen molar-refractivity contribution in [3.63, 3.8) is 0 Å². The molecule has 0 amide bonds. The van der Waals surface area contributed by atoms with Crippen LogP contribution < -0.4 is 4.90 Å². The molecule has 0 unspecified atom stereocenters. The number of aromatic nitrogens is 4. The van der Waals surface area contributed by atoms with Gasteiger partial charge in [-0.15, -0.1) is 10.2 Å². The second-order valence-corrected chi connectivity index (χ2v) is 7.17. The predicted molar refractivity (Wildman–Crippen MR) is 96.8 cm³/mol. The Morgan fingerprint density at radius 1 is 1.21 bits per heavy atom. The van der Waals surface area contributed by atoms with Crippen molar-refractivity contribution in [2.24, 2.45) is 7.05 Å². The zero-order chi connectivity index (χ0) is 16.8. The number of aryl methyl sites for hydroxylation is 1. The van der Waals surface area contributed by atoms with E-state index in [2.05, 4.69) is 46.1 Å². The summed E-state index contributed by atoms with van der Waals surface area (Å²) in [6.45, 7) is 6.31. The van der Waals surface area contributed by atoms with Crippen molar-refractivity contribution in [1.29, 1.82) is 0 Å². The Morgan fingerprint density at radius 3 is 2.67 bits per heavy atom. The van der Waals surface area contributed by atoms with Gasteiger partial charge >= 0.3 is 0 Å². The molecule has 1 saturated heterocycles. The molecule has 0 N–H and O–H groups in total. The molecule has 5 nitrogen and oxygen atoms in total. The molecule has 0 aliphatic carbocycles. The number of fused-ring (bicyclic) bond motifs is 1. The van der Waals surface area contributed by atoms with Crippen molar-refractivity contribution in [2.45, 2.75) is 25.7 Å². The Labute approximate surface area is 146 Å². The van der Waals surface area contributed by atoms with E-state index in [-0.39, 0.29) is 0 Å². The third kappa shape index (κ3) is 2.44. The first-order valence-electron chi connectivity index (χ1n) is 8.21. The van der Waals surface area contributed by atoms with Gasteiger partial charge in [0.2, 0.25) is 0 Å². The molecule has 0 atom stereocenters. The van der Waals surface area contributed by atoms with E-state index >= 15 is 0 Å². The lowest BCUT2D eigenvalue weighted by Gasteiger charge is -2.41. The van der Waals surface area contributed by atoms with E-state index in [0.29, 0.717) is 17.0 Å². The molecule has 0 bridgehead atoms. The van der Waals surface area contributed by atoms with Crippen LogP contribution in [0.1, 0.15) is 37.1 Å². The largest absolute Gasteiger partial charge is 0.369 e. The Kier molecular flexibility index (Phi) is 3.68. The van der Waals surface area contributed by atoms with Gasteiger partial charge in [-0.2, -0.15) is 0 Å². The predicted octanol–water partition coefficient (Wildman–Crippen LogP) is 3.74. The second-order valence-electron chi connectivity index (χ2n) is 6.78. The highest BCUT2D eigenvalue weighted by Crippen LogP contribution is 2.38. The van der Waals surface area contributed by atoms with Crippen molar-refractivity contribution in [3.05, 3.63) is 47.3 Å². The van der Waals surface area contributed by atoms with Gasteiger partial charge in [0, 0.05) is 37.4 Å². The summed E-state index contributed by atoms with van der Waals surface area (Å²) >= 11 is 6.14. The number of halogens is 1. The van der Waals surface area contributed by atoms with E-state index in [1.165, 1.54) is 22.0 Å². The van der Waals surface area contributed by atoms with E-state index in [0.717, 1.165) is 18.9 Å². The Hall–Kier alpha value is -2.14.